The van der Waals surface area contributed by atoms with Gasteiger partial charge in [0.2, 0.25) is 0 Å². The van der Waals surface area contributed by atoms with Crippen molar-refractivity contribution in [3.8, 4) is 5.75 Å². The number of carbonyl (C=O) groups excluding carboxylic acids is 2. The van der Waals surface area contributed by atoms with Gasteiger partial charge in [-0.1, -0.05) is 36.4 Å². The summed E-state index contributed by atoms with van der Waals surface area (Å²) in [6, 6.07) is 16.7. The van der Waals surface area contributed by atoms with Crippen molar-refractivity contribution < 1.29 is 14.7 Å². The fourth-order valence-corrected chi connectivity index (χ4v) is 2.50. The van der Waals surface area contributed by atoms with Gasteiger partial charge in [0, 0.05) is 22.0 Å². The Labute approximate surface area is 138 Å². The van der Waals surface area contributed by atoms with E-state index in [1.165, 1.54) is 6.92 Å². The zero-order valence-corrected chi connectivity index (χ0v) is 13.0. The Morgan fingerprint density at radius 2 is 1.58 bits per heavy atom. The van der Waals surface area contributed by atoms with Crippen LogP contribution in [0.3, 0.4) is 0 Å². The van der Waals surface area contributed by atoms with Gasteiger partial charge in [-0.05, 0) is 31.2 Å². The lowest BCUT2D eigenvalue weighted by atomic mass is 10.1. The number of Topliss-reactive ketones (excluding diaryl/α,β-unsaturated/α-hetero) is 1. The van der Waals surface area contributed by atoms with Crippen molar-refractivity contribution in [1.29, 1.82) is 0 Å². The van der Waals surface area contributed by atoms with Gasteiger partial charge in [-0.2, -0.15) is 0 Å². The number of carbonyl (C=O) groups is 2. The second kappa shape index (κ2) is 6.42. The molecule has 3 N–H and O–H groups in total. The molecule has 3 aromatic carbocycles. The van der Waals surface area contributed by atoms with E-state index in [0.717, 1.165) is 5.39 Å². The SMILES string of the molecule is CC(=O)c1cccc(NC(=O)Nc2cccc3c(O)cccc23)c1. The number of urea groups is 1. The second-order valence-electron chi connectivity index (χ2n) is 5.39. The van der Waals surface area contributed by atoms with E-state index in [2.05, 4.69) is 10.6 Å². The van der Waals surface area contributed by atoms with E-state index in [1.54, 1.807) is 54.6 Å². The number of rotatable bonds is 3. The number of anilines is 2. The molecule has 0 unspecified atom stereocenters. The number of amides is 2. The molecule has 0 aliphatic heterocycles. The van der Waals surface area contributed by atoms with Crippen molar-refractivity contribution in [2.75, 3.05) is 10.6 Å². The number of aromatic hydroxyl groups is 1. The highest BCUT2D eigenvalue weighted by Crippen LogP contribution is 2.29. The maximum absolute atomic E-state index is 12.2. The van der Waals surface area contributed by atoms with Crippen molar-refractivity contribution in [3.05, 3.63) is 66.2 Å². The molecule has 3 aromatic rings. The number of phenolic OH excluding ortho intramolecular Hbond substituents is 1. The minimum atomic E-state index is -0.424. The van der Waals surface area contributed by atoms with Gasteiger partial charge in [0.05, 0.1) is 5.69 Å². The predicted molar refractivity (Wildman–Crippen MR) is 94.7 cm³/mol. The Bertz CT molecular complexity index is 935. The second-order valence-corrected chi connectivity index (χ2v) is 5.39. The number of nitrogens with one attached hydrogen (secondary N) is 2. The van der Waals surface area contributed by atoms with Gasteiger partial charge in [-0.3, -0.25) is 4.79 Å². The molecule has 0 bridgehead atoms. The third kappa shape index (κ3) is 3.20. The summed E-state index contributed by atoms with van der Waals surface area (Å²) in [5, 5.41) is 16.8. The fraction of sp³-hybridized carbons (Fsp3) is 0.0526. The molecule has 2 amide bonds. The van der Waals surface area contributed by atoms with Crippen LogP contribution in [0.5, 0.6) is 5.75 Å². The number of fused-ring (bicyclic) bond motifs is 1. The minimum absolute atomic E-state index is 0.0661. The van der Waals surface area contributed by atoms with E-state index in [0.29, 0.717) is 22.3 Å². The predicted octanol–water partition coefficient (Wildman–Crippen LogP) is 4.39. The number of hydrogen-bond acceptors (Lipinski definition) is 3. The first kappa shape index (κ1) is 15.6. The van der Waals surface area contributed by atoms with E-state index in [9.17, 15) is 14.7 Å². The monoisotopic (exact) mass is 320 g/mol. The average Bonchev–Trinajstić information content (AvgIpc) is 2.56. The summed E-state index contributed by atoms with van der Waals surface area (Å²) in [5.74, 6) is 0.0919. The van der Waals surface area contributed by atoms with Crippen LogP contribution in [0.15, 0.2) is 60.7 Å². The third-order valence-corrected chi connectivity index (χ3v) is 3.67. The number of benzene rings is 3. The molecule has 0 aliphatic carbocycles. The third-order valence-electron chi connectivity index (χ3n) is 3.67. The molecule has 5 nitrogen and oxygen atoms in total. The Hall–Kier alpha value is -3.34. The first-order valence-corrected chi connectivity index (χ1v) is 7.44. The number of ketones is 1. The lowest BCUT2D eigenvalue weighted by molar-refractivity contribution is 0.101. The Morgan fingerprint density at radius 1 is 0.875 bits per heavy atom. The maximum Gasteiger partial charge on any atom is 0.323 e. The Morgan fingerprint density at radius 3 is 2.38 bits per heavy atom. The fourth-order valence-electron chi connectivity index (χ4n) is 2.50. The topological polar surface area (TPSA) is 78.4 Å². The minimum Gasteiger partial charge on any atom is -0.507 e. The van der Waals surface area contributed by atoms with Crippen molar-refractivity contribution >= 4 is 34.0 Å². The highest BCUT2D eigenvalue weighted by Gasteiger charge is 2.08. The van der Waals surface area contributed by atoms with Gasteiger partial charge < -0.3 is 15.7 Å². The highest BCUT2D eigenvalue weighted by atomic mass is 16.3. The summed E-state index contributed by atoms with van der Waals surface area (Å²) in [7, 11) is 0. The molecule has 0 radical (unpaired) electrons. The van der Waals surface area contributed by atoms with E-state index in [-0.39, 0.29) is 11.5 Å². The summed E-state index contributed by atoms with van der Waals surface area (Å²) in [5.41, 5.74) is 1.65. The van der Waals surface area contributed by atoms with Crippen LogP contribution in [0, 0.1) is 0 Å². The van der Waals surface area contributed by atoms with Crippen LogP contribution in [0.25, 0.3) is 10.8 Å². The molecule has 0 saturated carbocycles. The van der Waals surface area contributed by atoms with Crippen LogP contribution in [0.4, 0.5) is 16.2 Å². The van der Waals surface area contributed by atoms with Crippen LogP contribution < -0.4 is 10.6 Å². The Kier molecular flexibility index (Phi) is 4.16. The molecule has 120 valence electrons. The molecule has 3 rings (SSSR count). The molecule has 0 aromatic heterocycles. The van der Waals surface area contributed by atoms with E-state index in [1.807, 2.05) is 6.07 Å². The molecular formula is C19H16N2O3. The molecule has 0 fully saturated rings. The van der Waals surface area contributed by atoms with Crippen molar-refractivity contribution in [2.45, 2.75) is 6.92 Å². The smallest absolute Gasteiger partial charge is 0.323 e. The normalized spacial score (nSPS) is 10.4. The quantitative estimate of drug-likeness (QED) is 0.626. The number of hydrogen-bond donors (Lipinski definition) is 3. The molecule has 0 heterocycles. The molecule has 0 saturated heterocycles. The van der Waals surface area contributed by atoms with Gasteiger partial charge in [0.15, 0.2) is 5.78 Å². The summed E-state index contributed by atoms with van der Waals surface area (Å²) in [4.78, 5) is 23.6. The van der Waals surface area contributed by atoms with Gasteiger partial charge >= 0.3 is 6.03 Å². The molecular weight excluding hydrogens is 304 g/mol. The number of phenols is 1. The van der Waals surface area contributed by atoms with Crippen LogP contribution >= 0.6 is 0 Å². The van der Waals surface area contributed by atoms with E-state index >= 15 is 0 Å². The van der Waals surface area contributed by atoms with Crippen molar-refractivity contribution in [2.24, 2.45) is 0 Å². The van der Waals surface area contributed by atoms with Gasteiger partial charge in [0.1, 0.15) is 5.75 Å². The summed E-state index contributed by atoms with van der Waals surface area (Å²) in [6.07, 6.45) is 0. The van der Waals surface area contributed by atoms with Crippen LogP contribution in [-0.2, 0) is 0 Å². The average molecular weight is 320 g/mol. The highest BCUT2D eigenvalue weighted by molar-refractivity contribution is 6.07. The van der Waals surface area contributed by atoms with Crippen molar-refractivity contribution in [3.63, 3.8) is 0 Å². The summed E-state index contributed by atoms with van der Waals surface area (Å²) >= 11 is 0. The molecule has 5 heteroatoms. The van der Waals surface area contributed by atoms with Gasteiger partial charge in [0.25, 0.3) is 0 Å². The molecule has 0 atom stereocenters. The molecule has 0 aliphatic rings. The van der Waals surface area contributed by atoms with E-state index < -0.39 is 6.03 Å². The lowest BCUT2D eigenvalue weighted by Crippen LogP contribution is -2.19. The molecule has 24 heavy (non-hydrogen) atoms. The lowest BCUT2D eigenvalue weighted by Gasteiger charge is -2.11. The zero-order valence-electron chi connectivity index (χ0n) is 13.0. The largest absolute Gasteiger partial charge is 0.507 e. The van der Waals surface area contributed by atoms with Crippen LogP contribution in [0.1, 0.15) is 17.3 Å². The summed E-state index contributed by atoms with van der Waals surface area (Å²) < 4.78 is 0. The summed E-state index contributed by atoms with van der Waals surface area (Å²) in [6.45, 7) is 1.47. The van der Waals surface area contributed by atoms with Gasteiger partial charge in [-0.25, -0.2) is 4.79 Å². The maximum atomic E-state index is 12.2. The first-order chi connectivity index (χ1) is 11.5. The van der Waals surface area contributed by atoms with Gasteiger partial charge in [-0.15, -0.1) is 0 Å². The molecule has 0 spiro atoms. The zero-order chi connectivity index (χ0) is 17.1. The van der Waals surface area contributed by atoms with Crippen molar-refractivity contribution in [1.82, 2.24) is 0 Å². The standard InChI is InChI=1S/C19H16N2O3/c1-12(22)13-5-2-6-14(11-13)20-19(24)21-17-9-3-8-16-15(17)7-4-10-18(16)23/h2-11,23H,1H3,(H2,20,21,24). The first-order valence-electron chi connectivity index (χ1n) is 7.44. The van der Waals surface area contributed by atoms with E-state index in [4.69, 9.17) is 0 Å². The van der Waals surface area contributed by atoms with Crippen LogP contribution in [-0.4, -0.2) is 16.9 Å². The van der Waals surface area contributed by atoms with Crippen LogP contribution in [0.2, 0.25) is 0 Å². The Balaban J connectivity index is 1.82.